The second-order valence-electron chi connectivity index (χ2n) is 5.89. The molecular weight excluding hydrogens is 356 g/mol. The number of benzene rings is 3. The fraction of sp³-hybridized carbons (Fsp3) is 0.136. The van der Waals surface area contributed by atoms with Crippen LogP contribution in [0.4, 0.5) is 5.69 Å². The molecule has 27 heavy (non-hydrogen) atoms. The molecule has 0 unspecified atom stereocenters. The van der Waals surface area contributed by atoms with Crippen molar-refractivity contribution in [2.24, 2.45) is 0 Å². The quantitative estimate of drug-likeness (QED) is 0.565. The summed E-state index contributed by atoms with van der Waals surface area (Å²) in [6.07, 6.45) is 0.869. The number of ether oxygens (including phenoxy) is 2. The third-order valence-electron chi connectivity index (χ3n) is 3.96. The van der Waals surface area contributed by atoms with Crippen molar-refractivity contribution in [1.29, 1.82) is 0 Å². The molecule has 0 fully saturated rings. The lowest BCUT2D eigenvalue weighted by atomic mass is 10.1. The van der Waals surface area contributed by atoms with Gasteiger partial charge in [-0.2, -0.15) is 0 Å². The van der Waals surface area contributed by atoms with Crippen LogP contribution in [0.3, 0.4) is 0 Å². The first-order valence-corrected chi connectivity index (χ1v) is 9.15. The zero-order valence-corrected chi connectivity index (χ0v) is 16.0. The monoisotopic (exact) mass is 378 g/mol. The second-order valence-corrected chi connectivity index (χ2v) is 6.30. The molecule has 0 spiro atoms. The highest BCUT2D eigenvalue weighted by atomic mass is 32.1. The minimum Gasteiger partial charge on any atom is -0.497 e. The molecule has 0 radical (unpaired) electrons. The lowest BCUT2D eigenvalue weighted by Gasteiger charge is -2.14. The molecule has 5 heteroatoms. The first-order valence-electron chi connectivity index (χ1n) is 8.74. The lowest BCUT2D eigenvalue weighted by Crippen LogP contribution is -2.30. The maximum absolute atomic E-state index is 5.94. The Morgan fingerprint density at radius 1 is 0.852 bits per heavy atom. The molecule has 2 N–H and O–H groups in total. The van der Waals surface area contributed by atoms with Crippen molar-refractivity contribution < 1.29 is 9.47 Å². The highest BCUT2D eigenvalue weighted by Gasteiger charge is 2.06. The molecule has 4 nitrogen and oxygen atoms in total. The van der Waals surface area contributed by atoms with Crippen LogP contribution >= 0.6 is 12.2 Å². The van der Waals surface area contributed by atoms with E-state index in [1.165, 1.54) is 5.56 Å². The van der Waals surface area contributed by atoms with E-state index < -0.39 is 0 Å². The lowest BCUT2D eigenvalue weighted by molar-refractivity contribution is 0.414. The molecule has 0 atom stereocenters. The number of para-hydroxylation sites is 3. The predicted octanol–water partition coefficient (Wildman–Crippen LogP) is 5.02. The third kappa shape index (κ3) is 5.72. The molecule has 0 aliphatic rings. The van der Waals surface area contributed by atoms with E-state index in [2.05, 4.69) is 22.8 Å². The van der Waals surface area contributed by atoms with Gasteiger partial charge in [0, 0.05) is 6.54 Å². The normalized spacial score (nSPS) is 10.1. The molecular formula is C22H22N2O2S. The molecule has 3 aromatic rings. The van der Waals surface area contributed by atoms with Crippen LogP contribution in [0, 0.1) is 0 Å². The second kappa shape index (κ2) is 9.59. The minimum absolute atomic E-state index is 0.563. The third-order valence-corrected chi connectivity index (χ3v) is 4.21. The van der Waals surface area contributed by atoms with Gasteiger partial charge in [0.05, 0.1) is 12.8 Å². The van der Waals surface area contributed by atoms with E-state index in [-0.39, 0.29) is 0 Å². The number of nitrogens with one attached hydrogen (secondary N) is 2. The van der Waals surface area contributed by atoms with Gasteiger partial charge in [-0.25, -0.2) is 0 Å². The highest BCUT2D eigenvalue weighted by Crippen LogP contribution is 2.28. The molecule has 0 aliphatic heterocycles. The van der Waals surface area contributed by atoms with E-state index in [1.807, 2.05) is 66.7 Å². The first kappa shape index (κ1) is 18.7. The molecule has 0 bridgehead atoms. The number of hydrogen-bond donors (Lipinski definition) is 2. The molecule has 3 aromatic carbocycles. The maximum Gasteiger partial charge on any atom is 0.170 e. The number of hydrogen-bond acceptors (Lipinski definition) is 3. The van der Waals surface area contributed by atoms with Gasteiger partial charge in [0.15, 0.2) is 10.9 Å². The Morgan fingerprint density at radius 3 is 2.30 bits per heavy atom. The van der Waals surface area contributed by atoms with Gasteiger partial charge < -0.3 is 20.1 Å². The van der Waals surface area contributed by atoms with E-state index in [0.717, 1.165) is 35.9 Å². The fourth-order valence-corrected chi connectivity index (χ4v) is 2.77. The van der Waals surface area contributed by atoms with Gasteiger partial charge in [-0.15, -0.1) is 0 Å². The summed E-state index contributed by atoms with van der Waals surface area (Å²) in [5, 5.41) is 7.01. The largest absolute Gasteiger partial charge is 0.497 e. The standard InChI is InChI=1S/C22H22N2O2S/c1-25-18-13-11-17(12-14-18)15-16-23-22(27)24-20-9-5-6-10-21(20)26-19-7-3-2-4-8-19/h2-14H,15-16H2,1H3,(H2,23,24,27). The van der Waals surface area contributed by atoms with Crippen LogP contribution in [0.1, 0.15) is 5.56 Å². The van der Waals surface area contributed by atoms with Gasteiger partial charge in [-0.3, -0.25) is 0 Å². The van der Waals surface area contributed by atoms with Gasteiger partial charge in [0.1, 0.15) is 11.5 Å². The summed E-state index contributed by atoms with van der Waals surface area (Å²) >= 11 is 5.42. The van der Waals surface area contributed by atoms with Crippen LogP contribution < -0.4 is 20.1 Å². The zero-order valence-electron chi connectivity index (χ0n) is 15.1. The van der Waals surface area contributed by atoms with Crippen LogP contribution in [-0.2, 0) is 6.42 Å². The fourth-order valence-electron chi connectivity index (χ4n) is 2.55. The van der Waals surface area contributed by atoms with Crippen molar-refractivity contribution in [3.63, 3.8) is 0 Å². The Labute approximate surface area is 165 Å². The summed E-state index contributed by atoms with van der Waals surface area (Å²) in [6, 6.07) is 25.4. The van der Waals surface area contributed by atoms with Crippen LogP contribution in [0.2, 0.25) is 0 Å². The minimum atomic E-state index is 0.563. The molecule has 3 rings (SSSR count). The number of rotatable bonds is 7. The smallest absolute Gasteiger partial charge is 0.170 e. The van der Waals surface area contributed by atoms with E-state index >= 15 is 0 Å². The van der Waals surface area contributed by atoms with E-state index in [1.54, 1.807) is 7.11 Å². The van der Waals surface area contributed by atoms with Gasteiger partial charge in [0.2, 0.25) is 0 Å². The van der Waals surface area contributed by atoms with Crippen molar-refractivity contribution >= 4 is 23.0 Å². The van der Waals surface area contributed by atoms with E-state index in [9.17, 15) is 0 Å². The summed E-state index contributed by atoms with van der Waals surface area (Å²) in [5.74, 6) is 2.37. The van der Waals surface area contributed by atoms with Crippen molar-refractivity contribution in [1.82, 2.24) is 5.32 Å². The predicted molar refractivity (Wildman–Crippen MR) is 114 cm³/mol. The Kier molecular flexibility index (Phi) is 6.66. The average Bonchev–Trinajstić information content (AvgIpc) is 2.71. The number of thiocarbonyl (C=S) groups is 1. The SMILES string of the molecule is COc1ccc(CCNC(=S)Nc2ccccc2Oc2ccccc2)cc1. The molecule has 0 saturated carbocycles. The van der Waals surface area contributed by atoms with Crippen molar-refractivity contribution in [2.75, 3.05) is 19.0 Å². The molecule has 0 heterocycles. The van der Waals surface area contributed by atoms with Crippen molar-refractivity contribution in [3.8, 4) is 17.2 Å². The van der Waals surface area contributed by atoms with Crippen LogP contribution in [0.5, 0.6) is 17.2 Å². The first-order chi connectivity index (χ1) is 13.2. The molecule has 0 aromatic heterocycles. The van der Waals surface area contributed by atoms with E-state index in [4.69, 9.17) is 21.7 Å². The summed E-state index contributed by atoms with van der Waals surface area (Å²) in [4.78, 5) is 0. The van der Waals surface area contributed by atoms with Gasteiger partial charge >= 0.3 is 0 Å². The molecule has 138 valence electrons. The maximum atomic E-state index is 5.94. The summed E-state index contributed by atoms with van der Waals surface area (Å²) in [7, 11) is 1.67. The van der Waals surface area contributed by atoms with Gasteiger partial charge in [-0.05, 0) is 60.6 Å². The Bertz CT molecular complexity index is 867. The van der Waals surface area contributed by atoms with Crippen molar-refractivity contribution in [2.45, 2.75) is 6.42 Å². The van der Waals surface area contributed by atoms with Gasteiger partial charge in [-0.1, -0.05) is 42.5 Å². The topological polar surface area (TPSA) is 42.5 Å². The van der Waals surface area contributed by atoms with Crippen LogP contribution in [-0.4, -0.2) is 18.8 Å². The van der Waals surface area contributed by atoms with Gasteiger partial charge in [0.25, 0.3) is 0 Å². The molecule has 0 amide bonds. The molecule has 0 saturated heterocycles. The molecule has 0 aliphatic carbocycles. The van der Waals surface area contributed by atoms with Crippen LogP contribution in [0.25, 0.3) is 0 Å². The Hall–Kier alpha value is -3.05. The van der Waals surface area contributed by atoms with E-state index in [0.29, 0.717) is 5.11 Å². The van der Waals surface area contributed by atoms with Crippen LogP contribution in [0.15, 0.2) is 78.9 Å². The Morgan fingerprint density at radius 2 is 1.56 bits per heavy atom. The average molecular weight is 378 g/mol. The number of methoxy groups -OCH3 is 1. The number of anilines is 1. The summed E-state index contributed by atoms with van der Waals surface area (Å²) in [5.41, 5.74) is 2.04. The summed E-state index contributed by atoms with van der Waals surface area (Å²) < 4.78 is 11.1. The van der Waals surface area contributed by atoms with Crippen molar-refractivity contribution in [3.05, 3.63) is 84.4 Å². The highest BCUT2D eigenvalue weighted by molar-refractivity contribution is 7.80. The Balaban J connectivity index is 1.53. The summed E-state index contributed by atoms with van der Waals surface area (Å²) in [6.45, 7) is 0.736. The zero-order chi connectivity index (χ0) is 18.9.